The zero-order valence-electron chi connectivity index (χ0n) is 11.3. The first-order valence-electron chi connectivity index (χ1n) is 6.80. The molecule has 2 rings (SSSR count). The Balaban J connectivity index is 0.00000162. The van der Waals surface area contributed by atoms with Crippen LogP contribution in [0.2, 0.25) is 0 Å². The second-order valence-corrected chi connectivity index (χ2v) is 5.43. The van der Waals surface area contributed by atoms with Crippen molar-refractivity contribution in [3.63, 3.8) is 0 Å². The first-order valence-corrected chi connectivity index (χ1v) is 6.80. The van der Waals surface area contributed by atoms with Gasteiger partial charge in [0.25, 0.3) is 0 Å². The highest BCUT2D eigenvalue weighted by molar-refractivity contribution is 5.85. The number of hydrogen-bond donors (Lipinski definition) is 2. The molecule has 0 aliphatic carbocycles. The number of amides is 1. The van der Waals surface area contributed by atoms with Crippen molar-refractivity contribution >= 4 is 18.3 Å². The molecule has 0 spiro atoms. The Morgan fingerprint density at radius 3 is 2.50 bits per heavy atom. The summed E-state index contributed by atoms with van der Waals surface area (Å²) in [5.74, 6) is 0.945. The third kappa shape index (κ3) is 3.84. The third-order valence-corrected chi connectivity index (χ3v) is 4.12. The maximum Gasteiger partial charge on any atom is 0.223 e. The Bertz CT molecular complexity index is 260. The molecule has 2 saturated heterocycles. The normalized spacial score (nSPS) is 33.6. The van der Waals surface area contributed by atoms with Gasteiger partial charge in [-0.2, -0.15) is 0 Å². The Labute approximate surface area is 116 Å². The molecular formula is C13H25ClN2O2. The number of piperidine rings is 1. The largest absolute Gasteiger partial charge is 0.381 e. The lowest BCUT2D eigenvalue weighted by molar-refractivity contribution is -0.129. The van der Waals surface area contributed by atoms with E-state index in [1.54, 1.807) is 0 Å². The molecule has 1 amide bonds. The highest BCUT2D eigenvalue weighted by atomic mass is 35.5. The number of carbonyl (C=O) groups excluding carboxylic acids is 1. The summed E-state index contributed by atoms with van der Waals surface area (Å²) < 4.78 is 5.29. The van der Waals surface area contributed by atoms with E-state index in [1.165, 1.54) is 0 Å². The van der Waals surface area contributed by atoms with Gasteiger partial charge in [0.2, 0.25) is 5.91 Å². The molecule has 2 aliphatic heterocycles. The Morgan fingerprint density at radius 2 is 1.89 bits per heavy atom. The van der Waals surface area contributed by atoms with Gasteiger partial charge in [0.15, 0.2) is 0 Å². The van der Waals surface area contributed by atoms with Crippen LogP contribution in [0.15, 0.2) is 0 Å². The van der Waals surface area contributed by atoms with Gasteiger partial charge in [-0.05, 0) is 38.6 Å². The van der Waals surface area contributed by atoms with Crippen LogP contribution in [0, 0.1) is 11.8 Å². The molecule has 0 aromatic heterocycles. The molecule has 0 saturated carbocycles. The minimum absolute atomic E-state index is 0. The second kappa shape index (κ2) is 7.31. The minimum Gasteiger partial charge on any atom is -0.381 e. The topological polar surface area (TPSA) is 50.4 Å². The van der Waals surface area contributed by atoms with Gasteiger partial charge in [-0.25, -0.2) is 0 Å². The summed E-state index contributed by atoms with van der Waals surface area (Å²) in [4.78, 5) is 12.2. The zero-order valence-corrected chi connectivity index (χ0v) is 12.1. The first kappa shape index (κ1) is 15.7. The van der Waals surface area contributed by atoms with Crippen LogP contribution in [0.1, 0.15) is 33.1 Å². The predicted octanol–water partition coefficient (Wildman–Crippen LogP) is 1.34. The van der Waals surface area contributed by atoms with Gasteiger partial charge in [0, 0.05) is 31.2 Å². The lowest BCUT2D eigenvalue weighted by Crippen LogP contribution is -2.57. The monoisotopic (exact) mass is 276 g/mol. The fraction of sp³-hybridized carbons (Fsp3) is 0.923. The average Bonchev–Trinajstić information content (AvgIpc) is 2.35. The molecule has 0 bridgehead atoms. The molecule has 3 atom stereocenters. The lowest BCUT2D eigenvalue weighted by atomic mass is 9.88. The Morgan fingerprint density at radius 1 is 1.22 bits per heavy atom. The van der Waals surface area contributed by atoms with E-state index < -0.39 is 0 Å². The number of rotatable bonds is 2. The summed E-state index contributed by atoms with van der Waals surface area (Å²) in [5, 5.41) is 6.66. The van der Waals surface area contributed by atoms with Crippen LogP contribution >= 0.6 is 12.4 Å². The van der Waals surface area contributed by atoms with Crippen molar-refractivity contribution < 1.29 is 9.53 Å². The van der Waals surface area contributed by atoms with Crippen LogP contribution in [0.4, 0.5) is 0 Å². The maximum atomic E-state index is 12.2. The number of nitrogens with one attached hydrogen (secondary N) is 2. The van der Waals surface area contributed by atoms with Gasteiger partial charge in [-0.15, -0.1) is 12.4 Å². The van der Waals surface area contributed by atoms with Crippen LogP contribution in [0.5, 0.6) is 0 Å². The fourth-order valence-corrected chi connectivity index (χ4v) is 2.85. The van der Waals surface area contributed by atoms with Crippen molar-refractivity contribution in [3.8, 4) is 0 Å². The van der Waals surface area contributed by atoms with Crippen LogP contribution in [0.25, 0.3) is 0 Å². The number of ether oxygens (including phenoxy) is 1. The van der Waals surface area contributed by atoms with Crippen LogP contribution < -0.4 is 10.6 Å². The zero-order chi connectivity index (χ0) is 12.3. The van der Waals surface area contributed by atoms with Gasteiger partial charge >= 0.3 is 0 Å². The van der Waals surface area contributed by atoms with Gasteiger partial charge in [0.1, 0.15) is 0 Å². The van der Waals surface area contributed by atoms with Gasteiger partial charge in [-0.3, -0.25) is 4.79 Å². The lowest BCUT2D eigenvalue weighted by Gasteiger charge is -2.37. The van der Waals surface area contributed by atoms with E-state index in [0.29, 0.717) is 12.0 Å². The van der Waals surface area contributed by atoms with Crippen molar-refractivity contribution in [2.75, 3.05) is 19.8 Å². The molecule has 0 radical (unpaired) electrons. The van der Waals surface area contributed by atoms with Crippen molar-refractivity contribution in [1.82, 2.24) is 10.6 Å². The van der Waals surface area contributed by atoms with Crippen molar-refractivity contribution in [2.45, 2.75) is 45.2 Å². The standard InChI is InChI=1S/C13H24N2O2.ClH/c1-9-3-6-14-10(2)12(9)15-13(16)11-4-7-17-8-5-11;/h9-12,14H,3-8H2,1-2H3,(H,15,16);1H. The smallest absolute Gasteiger partial charge is 0.223 e. The van der Waals surface area contributed by atoms with E-state index in [2.05, 4.69) is 24.5 Å². The Hall–Kier alpha value is -0.320. The summed E-state index contributed by atoms with van der Waals surface area (Å²) in [5.41, 5.74) is 0. The maximum absolute atomic E-state index is 12.2. The van der Waals surface area contributed by atoms with Crippen LogP contribution in [-0.4, -0.2) is 37.7 Å². The summed E-state index contributed by atoms with van der Waals surface area (Å²) in [7, 11) is 0. The van der Waals surface area contributed by atoms with Crippen molar-refractivity contribution in [1.29, 1.82) is 0 Å². The highest BCUT2D eigenvalue weighted by Gasteiger charge is 2.31. The number of hydrogen-bond acceptors (Lipinski definition) is 3. The SMILES string of the molecule is CC1CCNC(C)C1NC(=O)C1CCOCC1.Cl. The molecular weight excluding hydrogens is 252 g/mol. The summed E-state index contributed by atoms with van der Waals surface area (Å²) in [6.07, 6.45) is 2.88. The molecule has 2 fully saturated rings. The van der Waals surface area contributed by atoms with Gasteiger partial charge in [-0.1, -0.05) is 6.92 Å². The van der Waals surface area contributed by atoms with Crippen LogP contribution in [0.3, 0.4) is 0 Å². The van der Waals surface area contributed by atoms with Crippen molar-refractivity contribution in [2.24, 2.45) is 11.8 Å². The van der Waals surface area contributed by atoms with E-state index >= 15 is 0 Å². The van der Waals surface area contributed by atoms with Crippen molar-refractivity contribution in [3.05, 3.63) is 0 Å². The average molecular weight is 277 g/mol. The number of carbonyl (C=O) groups is 1. The second-order valence-electron chi connectivity index (χ2n) is 5.43. The summed E-state index contributed by atoms with van der Waals surface area (Å²) >= 11 is 0. The quantitative estimate of drug-likeness (QED) is 0.800. The summed E-state index contributed by atoms with van der Waals surface area (Å²) in [6, 6.07) is 0.654. The molecule has 2 N–H and O–H groups in total. The molecule has 106 valence electrons. The molecule has 18 heavy (non-hydrogen) atoms. The third-order valence-electron chi connectivity index (χ3n) is 4.12. The van der Waals surface area contributed by atoms with Gasteiger partial charge < -0.3 is 15.4 Å². The molecule has 3 unspecified atom stereocenters. The molecule has 4 nitrogen and oxygen atoms in total. The Kier molecular flexibility index (Phi) is 6.39. The first-order chi connectivity index (χ1) is 8.18. The van der Waals surface area contributed by atoms with E-state index in [4.69, 9.17) is 4.74 Å². The summed E-state index contributed by atoms with van der Waals surface area (Å²) in [6.45, 7) is 6.90. The molecule has 2 heterocycles. The molecule has 2 aliphatic rings. The molecule has 5 heteroatoms. The van der Waals surface area contributed by atoms with E-state index in [-0.39, 0.29) is 30.3 Å². The van der Waals surface area contributed by atoms with Crippen LogP contribution in [-0.2, 0) is 9.53 Å². The van der Waals surface area contributed by atoms with E-state index in [9.17, 15) is 4.79 Å². The molecule has 0 aromatic rings. The minimum atomic E-state index is 0. The fourth-order valence-electron chi connectivity index (χ4n) is 2.85. The van der Waals surface area contributed by atoms with E-state index in [1.807, 2.05) is 0 Å². The van der Waals surface area contributed by atoms with Gasteiger partial charge in [0.05, 0.1) is 0 Å². The predicted molar refractivity (Wildman–Crippen MR) is 74.0 cm³/mol. The van der Waals surface area contributed by atoms with E-state index in [0.717, 1.165) is 39.0 Å². The molecule has 0 aromatic carbocycles. The highest BCUT2D eigenvalue weighted by Crippen LogP contribution is 2.19. The number of halogens is 1.